The second-order valence-electron chi connectivity index (χ2n) is 11.2. The second-order valence-corrected chi connectivity index (χ2v) is 11.2. The summed E-state index contributed by atoms with van der Waals surface area (Å²) in [6.45, 7) is 6.54. The molecule has 0 spiro atoms. The van der Waals surface area contributed by atoms with Crippen LogP contribution in [-0.4, -0.2) is 39.3 Å². The first-order chi connectivity index (χ1) is 13.6. The fourth-order valence-corrected chi connectivity index (χ4v) is 8.41. The van der Waals surface area contributed by atoms with E-state index in [4.69, 9.17) is 5.11 Å². The molecule has 5 heteroatoms. The van der Waals surface area contributed by atoms with Crippen LogP contribution >= 0.6 is 0 Å². The molecule has 10 atom stereocenters. The molecule has 0 unspecified atom stereocenters. The van der Waals surface area contributed by atoms with Crippen molar-refractivity contribution in [3.05, 3.63) is 0 Å². The van der Waals surface area contributed by atoms with Crippen molar-refractivity contribution < 1.29 is 24.9 Å². The largest absolute Gasteiger partial charge is 0.481 e. The first-order valence-corrected chi connectivity index (χ1v) is 11.7. The van der Waals surface area contributed by atoms with E-state index < -0.39 is 17.5 Å². The number of ketones is 1. The zero-order chi connectivity index (χ0) is 21.1. The standard InChI is InChI=1S/C24H38O5/c1-13(4-7-21(28)29)16-5-6-17-22-18(12-20(27)24(16,17)3)23(2)9-8-15(25)10-14(23)11-19(22)26/h13-19,22,25-26H,4-12H2,1-3H3,(H,28,29)/t13-,14+,15-,16-,17+,18+,19+,22+,23+,24-/m1/s1. The molecule has 4 aliphatic rings. The zero-order valence-electron chi connectivity index (χ0n) is 18.1. The van der Waals surface area contributed by atoms with Crippen LogP contribution in [-0.2, 0) is 9.59 Å². The molecular weight excluding hydrogens is 368 g/mol. The van der Waals surface area contributed by atoms with Crippen LogP contribution in [0.3, 0.4) is 0 Å². The minimum Gasteiger partial charge on any atom is -0.481 e. The number of carboxylic acid groups (broad SMARTS) is 1. The number of carboxylic acids is 1. The molecule has 0 bridgehead atoms. The van der Waals surface area contributed by atoms with E-state index in [1.165, 1.54) is 0 Å². The molecule has 29 heavy (non-hydrogen) atoms. The Bertz CT molecular complexity index is 676. The maximum absolute atomic E-state index is 13.6. The summed E-state index contributed by atoms with van der Waals surface area (Å²) in [5.41, 5.74) is -0.398. The third-order valence-corrected chi connectivity index (χ3v) is 10.1. The first-order valence-electron chi connectivity index (χ1n) is 11.7. The van der Waals surface area contributed by atoms with E-state index in [-0.39, 0.29) is 47.5 Å². The molecule has 3 N–H and O–H groups in total. The maximum Gasteiger partial charge on any atom is 0.303 e. The summed E-state index contributed by atoms with van der Waals surface area (Å²) in [6.07, 6.45) is 5.82. The van der Waals surface area contributed by atoms with Gasteiger partial charge in [0.05, 0.1) is 12.2 Å². The molecule has 0 amide bonds. The average molecular weight is 407 g/mol. The summed E-state index contributed by atoms with van der Waals surface area (Å²) in [5.74, 6) is 0.855. The van der Waals surface area contributed by atoms with Crippen molar-refractivity contribution in [2.45, 2.75) is 90.8 Å². The van der Waals surface area contributed by atoms with Gasteiger partial charge in [0.15, 0.2) is 0 Å². The number of hydrogen-bond donors (Lipinski definition) is 3. The Balaban J connectivity index is 1.62. The minimum absolute atomic E-state index is 0.0348. The predicted molar refractivity (Wildman–Crippen MR) is 109 cm³/mol. The molecule has 4 saturated carbocycles. The van der Waals surface area contributed by atoms with Gasteiger partial charge < -0.3 is 15.3 Å². The molecule has 0 aromatic carbocycles. The molecule has 0 aromatic rings. The van der Waals surface area contributed by atoms with E-state index in [1.807, 2.05) is 0 Å². The van der Waals surface area contributed by atoms with Gasteiger partial charge in [0.25, 0.3) is 0 Å². The molecule has 0 aliphatic heterocycles. The highest BCUT2D eigenvalue weighted by Crippen LogP contribution is 2.67. The smallest absolute Gasteiger partial charge is 0.303 e. The topological polar surface area (TPSA) is 94.8 Å². The van der Waals surface area contributed by atoms with Crippen molar-refractivity contribution in [1.29, 1.82) is 0 Å². The van der Waals surface area contributed by atoms with Crippen LogP contribution < -0.4 is 0 Å². The van der Waals surface area contributed by atoms with Gasteiger partial charge in [-0.2, -0.15) is 0 Å². The summed E-state index contributed by atoms with van der Waals surface area (Å²) in [4.78, 5) is 24.7. The third-order valence-electron chi connectivity index (χ3n) is 10.1. The fraction of sp³-hybridized carbons (Fsp3) is 0.917. The van der Waals surface area contributed by atoms with E-state index in [9.17, 15) is 19.8 Å². The Morgan fingerprint density at radius 3 is 2.55 bits per heavy atom. The third kappa shape index (κ3) is 3.18. The molecule has 0 aromatic heterocycles. The summed E-state index contributed by atoms with van der Waals surface area (Å²) >= 11 is 0. The molecule has 4 rings (SSSR count). The molecule has 0 radical (unpaired) electrons. The Morgan fingerprint density at radius 1 is 1.14 bits per heavy atom. The van der Waals surface area contributed by atoms with E-state index >= 15 is 0 Å². The van der Waals surface area contributed by atoms with Gasteiger partial charge in [0.1, 0.15) is 5.78 Å². The lowest BCUT2D eigenvalue weighted by atomic mass is 9.43. The van der Waals surface area contributed by atoms with Crippen molar-refractivity contribution in [3.8, 4) is 0 Å². The zero-order valence-corrected chi connectivity index (χ0v) is 18.1. The van der Waals surface area contributed by atoms with Crippen LogP contribution in [0, 0.1) is 46.3 Å². The monoisotopic (exact) mass is 406 g/mol. The van der Waals surface area contributed by atoms with Gasteiger partial charge in [-0.3, -0.25) is 9.59 Å². The number of aliphatic carboxylic acids is 1. The molecular formula is C24H38O5. The molecule has 0 saturated heterocycles. The van der Waals surface area contributed by atoms with Gasteiger partial charge in [-0.15, -0.1) is 0 Å². The van der Waals surface area contributed by atoms with Gasteiger partial charge in [0, 0.05) is 18.3 Å². The molecule has 0 heterocycles. The number of rotatable bonds is 4. The Labute approximate surface area is 174 Å². The quantitative estimate of drug-likeness (QED) is 0.662. The van der Waals surface area contributed by atoms with Crippen molar-refractivity contribution in [3.63, 3.8) is 0 Å². The fourth-order valence-electron chi connectivity index (χ4n) is 8.41. The predicted octanol–water partition coefficient (Wildman–Crippen LogP) is 3.66. The number of hydrogen-bond acceptors (Lipinski definition) is 4. The summed E-state index contributed by atoms with van der Waals surface area (Å²) in [6, 6.07) is 0. The number of aliphatic hydroxyl groups is 2. The van der Waals surface area contributed by atoms with Crippen molar-refractivity contribution in [1.82, 2.24) is 0 Å². The van der Waals surface area contributed by atoms with E-state index in [1.54, 1.807) is 0 Å². The van der Waals surface area contributed by atoms with Gasteiger partial charge in [-0.1, -0.05) is 20.8 Å². The lowest BCUT2D eigenvalue weighted by molar-refractivity contribution is -0.181. The normalized spacial score (nSPS) is 50.4. The first kappa shape index (κ1) is 21.3. The Kier molecular flexibility index (Phi) is 5.39. The Morgan fingerprint density at radius 2 is 1.86 bits per heavy atom. The lowest BCUT2D eigenvalue weighted by Gasteiger charge is -2.61. The lowest BCUT2D eigenvalue weighted by Crippen LogP contribution is -2.61. The number of aliphatic hydroxyl groups excluding tert-OH is 2. The number of Topliss-reactive ketones (excluding diaryl/α,β-unsaturated/α-hetero) is 1. The highest BCUT2D eigenvalue weighted by molar-refractivity contribution is 5.87. The van der Waals surface area contributed by atoms with Crippen LogP contribution in [0.25, 0.3) is 0 Å². The van der Waals surface area contributed by atoms with Crippen LogP contribution in [0.1, 0.15) is 78.6 Å². The highest BCUT2D eigenvalue weighted by atomic mass is 16.4. The number of carbonyl (C=O) groups is 2. The van der Waals surface area contributed by atoms with Gasteiger partial charge in [0.2, 0.25) is 0 Å². The van der Waals surface area contributed by atoms with Crippen LogP contribution in [0.5, 0.6) is 0 Å². The summed E-state index contributed by atoms with van der Waals surface area (Å²) < 4.78 is 0. The van der Waals surface area contributed by atoms with Crippen LogP contribution in [0.15, 0.2) is 0 Å². The summed E-state index contributed by atoms with van der Waals surface area (Å²) in [5, 5.41) is 30.5. The molecule has 4 fully saturated rings. The second kappa shape index (κ2) is 7.33. The van der Waals surface area contributed by atoms with E-state index in [0.717, 1.165) is 38.5 Å². The van der Waals surface area contributed by atoms with E-state index in [0.29, 0.717) is 24.5 Å². The highest BCUT2D eigenvalue weighted by Gasteiger charge is 2.65. The Hall–Kier alpha value is -0.940. The van der Waals surface area contributed by atoms with Crippen LogP contribution in [0.2, 0.25) is 0 Å². The van der Waals surface area contributed by atoms with Crippen molar-refractivity contribution in [2.75, 3.05) is 0 Å². The SMILES string of the molecule is C[C@H](CCC(=O)O)[C@H]1CC[C@H]2[C@@H]3[C@@H](O)C[C@@H]4C[C@H](O)CC[C@]4(C)[C@H]3CC(=O)[C@]12C. The number of carbonyl (C=O) groups excluding carboxylic acids is 1. The molecule has 4 aliphatic carbocycles. The van der Waals surface area contributed by atoms with Crippen LogP contribution in [0.4, 0.5) is 0 Å². The minimum atomic E-state index is -0.771. The molecule has 164 valence electrons. The van der Waals surface area contributed by atoms with Crippen molar-refractivity contribution in [2.24, 2.45) is 46.3 Å². The number of fused-ring (bicyclic) bond motifs is 5. The maximum atomic E-state index is 13.6. The summed E-state index contributed by atoms with van der Waals surface area (Å²) in [7, 11) is 0. The van der Waals surface area contributed by atoms with E-state index in [2.05, 4.69) is 20.8 Å². The average Bonchev–Trinajstić information content (AvgIpc) is 3.01. The van der Waals surface area contributed by atoms with Gasteiger partial charge in [-0.05, 0) is 85.9 Å². The molecule has 5 nitrogen and oxygen atoms in total. The van der Waals surface area contributed by atoms with Crippen molar-refractivity contribution >= 4 is 11.8 Å². The van der Waals surface area contributed by atoms with Gasteiger partial charge >= 0.3 is 5.97 Å². The van der Waals surface area contributed by atoms with Gasteiger partial charge in [-0.25, -0.2) is 0 Å².